The number of nitrogens with zero attached hydrogens (tertiary/aromatic N) is 2. The van der Waals surface area contributed by atoms with Gasteiger partial charge in [0.15, 0.2) is 5.60 Å². The highest BCUT2D eigenvalue weighted by molar-refractivity contribution is 6.42. The van der Waals surface area contributed by atoms with E-state index >= 15 is 0 Å². The van der Waals surface area contributed by atoms with E-state index in [9.17, 15) is 14.4 Å². The molecular formula is C30H38Cl2N4O4. The number of carbonyl (C=O) groups is 3. The van der Waals surface area contributed by atoms with Crippen LogP contribution in [0.5, 0.6) is 0 Å². The molecule has 2 aliphatic rings. The molecule has 216 valence electrons. The van der Waals surface area contributed by atoms with Crippen molar-refractivity contribution in [1.82, 2.24) is 20.4 Å². The second-order valence-corrected chi connectivity index (χ2v) is 12.0. The average Bonchev–Trinajstić information content (AvgIpc) is 2.93. The molecular weight excluding hydrogens is 551 g/mol. The summed E-state index contributed by atoms with van der Waals surface area (Å²) in [5, 5.41) is 6.57. The standard InChI is InChI=1S/C30H38Cl2N4O4/c1-20(2)27(38)35(4)19-30(40-28(39)33-3,22-9-10-24(31)25(32)18-22)13-16-36-14-11-29(12-15-36)23-8-6-5-7-21(23)17-26(37)34-29/h5-10,18,20H,11-17,19H2,1-4H3,(H,33,39)(H,34,37)/t30-/m1/s1. The van der Waals surface area contributed by atoms with Gasteiger partial charge in [-0.3, -0.25) is 9.59 Å². The maximum Gasteiger partial charge on any atom is 0.407 e. The molecule has 10 heteroatoms. The number of likely N-dealkylation sites (tertiary alicyclic amines) is 1. The summed E-state index contributed by atoms with van der Waals surface area (Å²) in [6.45, 7) is 5.94. The van der Waals surface area contributed by atoms with Crippen LogP contribution in [0.25, 0.3) is 0 Å². The van der Waals surface area contributed by atoms with E-state index in [1.807, 2.05) is 32.0 Å². The van der Waals surface area contributed by atoms with E-state index in [2.05, 4.69) is 21.6 Å². The number of benzene rings is 2. The molecule has 40 heavy (non-hydrogen) atoms. The first-order chi connectivity index (χ1) is 19.0. The third-order valence-electron chi connectivity index (χ3n) is 8.10. The predicted octanol–water partition coefficient (Wildman–Crippen LogP) is 4.71. The second kappa shape index (κ2) is 12.4. The molecule has 0 bridgehead atoms. The molecule has 8 nitrogen and oxygen atoms in total. The van der Waals surface area contributed by atoms with Crippen molar-refractivity contribution < 1.29 is 19.1 Å². The molecule has 2 heterocycles. The van der Waals surface area contributed by atoms with Crippen molar-refractivity contribution in [3.05, 3.63) is 69.2 Å². The molecule has 0 unspecified atom stereocenters. The van der Waals surface area contributed by atoms with Crippen LogP contribution in [0.1, 0.15) is 49.8 Å². The van der Waals surface area contributed by atoms with Gasteiger partial charge in [0.05, 0.1) is 28.5 Å². The van der Waals surface area contributed by atoms with E-state index < -0.39 is 11.7 Å². The topological polar surface area (TPSA) is 91.0 Å². The van der Waals surface area contributed by atoms with Crippen LogP contribution in [0, 0.1) is 5.92 Å². The van der Waals surface area contributed by atoms with E-state index in [0.29, 0.717) is 35.0 Å². The summed E-state index contributed by atoms with van der Waals surface area (Å²) in [6.07, 6.45) is 1.78. The third kappa shape index (κ3) is 6.40. The Balaban J connectivity index is 1.59. The summed E-state index contributed by atoms with van der Waals surface area (Å²) >= 11 is 12.6. The Bertz CT molecular complexity index is 1260. The van der Waals surface area contributed by atoms with Crippen LogP contribution in [0.15, 0.2) is 42.5 Å². The molecule has 2 aromatic rings. The molecule has 0 radical (unpaired) electrons. The third-order valence-corrected chi connectivity index (χ3v) is 8.84. The van der Waals surface area contributed by atoms with E-state index in [1.54, 1.807) is 30.1 Å². The molecule has 0 aromatic heterocycles. The van der Waals surface area contributed by atoms with Gasteiger partial charge in [-0.25, -0.2) is 4.79 Å². The van der Waals surface area contributed by atoms with Gasteiger partial charge in [0.2, 0.25) is 11.8 Å². The van der Waals surface area contributed by atoms with Crippen LogP contribution in [0.4, 0.5) is 4.79 Å². The molecule has 0 aliphatic carbocycles. The summed E-state index contributed by atoms with van der Waals surface area (Å²) in [6, 6.07) is 13.4. The first-order valence-corrected chi connectivity index (χ1v) is 14.5. The Morgan fingerprint density at radius 2 is 1.85 bits per heavy atom. The SMILES string of the molecule is CNC(=O)O[C@](CCN1CCC2(CC1)NC(=O)Cc1ccccc12)(CN(C)C(=O)C(C)C)c1ccc(Cl)c(Cl)c1. The van der Waals surface area contributed by atoms with Crippen LogP contribution < -0.4 is 10.6 Å². The molecule has 3 amide bonds. The molecule has 1 spiro atoms. The van der Waals surface area contributed by atoms with Gasteiger partial charge < -0.3 is 25.2 Å². The minimum absolute atomic E-state index is 0.0580. The summed E-state index contributed by atoms with van der Waals surface area (Å²) in [5.74, 6) is -0.220. The fraction of sp³-hybridized carbons (Fsp3) is 0.500. The molecule has 2 aromatic carbocycles. The van der Waals surface area contributed by atoms with Gasteiger partial charge in [0.1, 0.15) is 0 Å². The number of rotatable bonds is 8. The minimum atomic E-state index is -1.17. The number of hydrogen-bond donors (Lipinski definition) is 2. The van der Waals surface area contributed by atoms with Gasteiger partial charge in [-0.1, -0.05) is 67.4 Å². The van der Waals surface area contributed by atoms with Crippen molar-refractivity contribution in [3.63, 3.8) is 0 Å². The smallest absolute Gasteiger partial charge is 0.407 e. The monoisotopic (exact) mass is 588 g/mol. The summed E-state index contributed by atoms with van der Waals surface area (Å²) in [5.41, 5.74) is 1.42. The number of likely N-dealkylation sites (N-methyl/N-ethyl adjacent to an activating group) is 1. The number of fused-ring (bicyclic) bond motifs is 2. The van der Waals surface area contributed by atoms with Gasteiger partial charge in [-0.15, -0.1) is 0 Å². The van der Waals surface area contributed by atoms with Gasteiger partial charge >= 0.3 is 6.09 Å². The van der Waals surface area contributed by atoms with Gasteiger partial charge in [0, 0.05) is 46.1 Å². The lowest BCUT2D eigenvalue weighted by molar-refractivity contribution is -0.137. The number of carbonyl (C=O) groups excluding carboxylic acids is 3. The first-order valence-electron chi connectivity index (χ1n) is 13.7. The molecule has 1 saturated heterocycles. The Morgan fingerprint density at radius 3 is 2.50 bits per heavy atom. The molecule has 2 N–H and O–H groups in total. The van der Waals surface area contributed by atoms with Crippen molar-refractivity contribution >= 4 is 41.1 Å². The highest BCUT2D eigenvalue weighted by Gasteiger charge is 2.43. The number of alkyl carbamates (subject to hydrolysis) is 1. The normalized spacial score (nSPS) is 18.0. The maximum atomic E-state index is 12.9. The van der Waals surface area contributed by atoms with Gasteiger partial charge in [0.25, 0.3) is 0 Å². The zero-order chi connectivity index (χ0) is 29.1. The van der Waals surface area contributed by atoms with Crippen molar-refractivity contribution in [3.8, 4) is 0 Å². The lowest BCUT2D eigenvalue weighted by Gasteiger charge is -2.46. The molecule has 4 rings (SSSR count). The van der Waals surface area contributed by atoms with Crippen LogP contribution >= 0.6 is 23.2 Å². The number of ether oxygens (including phenoxy) is 1. The first kappa shape index (κ1) is 30.2. The van der Waals surface area contributed by atoms with E-state index in [4.69, 9.17) is 27.9 Å². The maximum absolute atomic E-state index is 12.9. The Morgan fingerprint density at radius 1 is 1.15 bits per heavy atom. The van der Waals surface area contributed by atoms with Crippen LogP contribution in [-0.4, -0.2) is 68.0 Å². The van der Waals surface area contributed by atoms with Crippen molar-refractivity contribution in [1.29, 1.82) is 0 Å². The predicted molar refractivity (Wildman–Crippen MR) is 156 cm³/mol. The molecule has 1 atom stereocenters. The largest absolute Gasteiger partial charge is 0.436 e. The second-order valence-electron chi connectivity index (χ2n) is 11.2. The summed E-state index contributed by atoms with van der Waals surface area (Å²) in [4.78, 5) is 42.1. The van der Waals surface area contributed by atoms with Crippen LogP contribution in [0.2, 0.25) is 10.0 Å². The van der Waals surface area contributed by atoms with E-state index in [-0.39, 0.29) is 29.8 Å². The average molecular weight is 590 g/mol. The zero-order valence-corrected chi connectivity index (χ0v) is 25.1. The Hall–Kier alpha value is -2.81. The van der Waals surface area contributed by atoms with Gasteiger partial charge in [-0.05, 0) is 41.7 Å². The fourth-order valence-corrected chi connectivity index (χ4v) is 6.25. The number of halogens is 2. The van der Waals surface area contributed by atoms with Crippen molar-refractivity contribution in [2.75, 3.05) is 40.3 Å². The zero-order valence-electron chi connectivity index (χ0n) is 23.6. The fourth-order valence-electron chi connectivity index (χ4n) is 5.95. The lowest BCUT2D eigenvalue weighted by Crippen LogP contribution is -2.56. The van der Waals surface area contributed by atoms with E-state index in [0.717, 1.165) is 31.5 Å². The summed E-state index contributed by atoms with van der Waals surface area (Å²) in [7, 11) is 3.22. The minimum Gasteiger partial charge on any atom is -0.436 e. The quantitative estimate of drug-likeness (QED) is 0.466. The number of hydrogen-bond acceptors (Lipinski definition) is 5. The highest BCUT2D eigenvalue weighted by Crippen LogP contribution is 2.39. The number of piperidine rings is 1. The molecule has 2 aliphatic heterocycles. The Kier molecular flexibility index (Phi) is 9.33. The molecule has 1 fully saturated rings. The lowest BCUT2D eigenvalue weighted by atomic mass is 9.75. The van der Waals surface area contributed by atoms with Crippen LogP contribution in [0.3, 0.4) is 0 Å². The number of nitrogens with one attached hydrogen (secondary N) is 2. The van der Waals surface area contributed by atoms with Crippen molar-refractivity contribution in [2.24, 2.45) is 5.92 Å². The van der Waals surface area contributed by atoms with Crippen molar-refractivity contribution in [2.45, 2.75) is 50.7 Å². The molecule has 0 saturated carbocycles. The number of amides is 3. The van der Waals surface area contributed by atoms with E-state index in [1.165, 1.54) is 12.6 Å². The summed E-state index contributed by atoms with van der Waals surface area (Å²) < 4.78 is 6.10. The Labute approximate surface area is 246 Å². The van der Waals surface area contributed by atoms with Gasteiger partial charge in [-0.2, -0.15) is 0 Å². The highest BCUT2D eigenvalue weighted by atomic mass is 35.5. The van der Waals surface area contributed by atoms with Crippen LogP contribution in [-0.2, 0) is 31.9 Å².